The lowest BCUT2D eigenvalue weighted by molar-refractivity contribution is -0.131. The van der Waals surface area contributed by atoms with Gasteiger partial charge in [0.05, 0.1) is 5.41 Å². The fourth-order valence-corrected chi connectivity index (χ4v) is 3.44. The highest BCUT2D eigenvalue weighted by Crippen LogP contribution is 2.52. The van der Waals surface area contributed by atoms with Crippen molar-refractivity contribution in [2.75, 3.05) is 13.9 Å². The molecule has 0 aromatic rings. The molecule has 0 heterocycles. The van der Waals surface area contributed by atoms with Crippen LogP contribution < -0.4 is 0 Å². The predicted molar refractivity (Wildman–Crippen MR) is 65.4 cm³/mol. The van der Waals surface area contributed by atoms with Crippen LogP contribution in [-0.2, 0) is 14.3 Å². The van der Waals surface area contributed by atoms with E-state index in [4.69, 9.17) is 9.47 Å². The van der Waals surface area contributed by atoms with Crippen LogP contribution in [0.4, 0.5) is 0 Å². The van der Waals surface area contributed by atoms with Gasteiger partial charge in [0.2, 0.25) is 0 Å². The number of methoxy groups -OCH3 is 1. The number of carbonyl (C=O) groups excluding carboxylic acids is 1. The summed E-state index contributed by atoms with van der Waals surface area (Å²) >= 11 is 0. The number of ketones is 1. The Kier molecular flexibility index (Phi) is 3.87. The van der Waals surface area contributed by atoms with Gasteiger partial charge in [-0.05, 0) is 38.2 Å². The summed E-state index contributed by atoms with van der Waals surface area (Å²) in [5.41, 5.74) is -0.338. The lowest BCUT2D eigenvalue weighted by Crippen LogP contribution is -2.36. The maximum atomic E-state index is 12.2. The summed E-state index contributed by atoms with van der Waals surface area (Å²) in [7, 11) is 1.61. The fraction of sp³-hybridized carbons (Fsp3) is 0.786. The van der Waals surface area contributed by atoms with Gasteiger partial charge in [0.15, 0.2) is 6.79 Å². The van der Waals surface area contributed by atoms with Crippen LogP contribution in [0.15, 0.2) is 11.8 Å². The summed E-state index contributed by atoms with van der Waals surface area (Å²) in [5.74, 6) is 1.59. The van der Waals surface area contributed by atoms with E-state index in [0.717, 1.165) is 31.4 Å². The topological polar surface area (TPSA) is 35.5 Å². The highest BCUT2D eigenvalue weighted by Gasteiger charge is 2.50. The largest absolute Gasteiger partial charge is 0.471 e. The minimum Gasteiger partial charge on any atom is -0.471 e. The van der Waals surface area contributed by atoms with E-state index in [1.807, 2.05) is 0 Å². The first-order valence-corrected chi connectivity index (χ1v) is 6.55. The Morgan fingerprint density at radius 2 is 2.29 bits per heavy atom. The normalized spacial score (nSPS) is 32.6. The quantitative estimate of drug-likeness (QED) is 0.706. The van der Waals surface area contributed by atoms with E-state index in [9.17, 15) is 4.79 Å². The number of Topliss-reactive ketones (excluding diaryl/α,β-unsaturated/α-hetero) is 1. The third kappa shape index (κ3) is 2.13. The third-order valence-electron chi connectivity index (χ3n) is 4.31. The Bertz CT molecular complexity index is 321. The van der Waals surface area contributed by atoms with Gasteiger partial charge >= 0.3 is 0 Å². The van der Waals surface area contributed by atoms with Crippen LogP contribution >= 0.6 is 0 Å². The summed E-state index contributed by atoms with van der Waals surface area (Å²) in [4.78, 5) is 12.2. The molecular formula is C14H22O3. The van der Waals surface area contributed by atoms with E-state index >= 15 is 0 Å². The number of hydrogen-bond donors (Lipinski definition) is 0. The van der Waals surface area contributed by atoms with Crippen molar-refractivity contribution in [1.82, 2.24) is 0 Å². The zero-order valence-electron chi connectivity index (χ0n) is 10.8. The Morgan fingerprint density at radius 1 is 1.47 bits per heavy atom. The van der Waals surface area contributed by atoms with Crippen molar-refractivity contribution in [2.24, 2.45) is 11.3 Å². The molecule has 2 aliphatic carbocycles. The van der Waals surface area contributed by atoms with Crippen molar-refractivity contribution in [1.29, 1.82) is 0 Å². The van der Waals surface area contributed by atoms with Crippen LogP contribution in [0.25, 0.3) is 0 Å². The van der Waals surface area contributed by atoms with Crippen LogP contribution in [0.3, 0.4) is 0 Å². The van der Waals surface area contributed by atoms with Crippen LogP contribution in [0.2, 0.25) is 0 Å². The van der Waals surface area contributed by atoms with E-state index in [2.05, 4.69) is 6.08 Å². The molecular weight excluding hydrogens is 216 g/mol. The van der Waals surface area contributed by atoms with Gasteiger partial charge in [-0.1, -0.05) is 19.3 Å². The Morgan fingerprint density at radius 3 is 3.00 bits per heavy atom. The molecule has 0 radical (unpaired) electrons. The first-order valence-electron chi connectivity index (χ1n) is 6.55. The molecule has 96 valence electrons. The number of carbonyl (C=O) groups is 1. The molecule has 1 saturated carbocycles. The number of fused-ring (bicyclic) bond motifs is 1. The summed E-state index contributed by atoms with van der Waals surface area (Å²) in [6.07, 6.45) is 8.80. The zero-order chi connectivity index (χ0) is 12.3. The summed E-state index contributed by atoms with van der Waals surface area (Å²) in [5, 5.41) is 0. The van der Waals surface area contributed by atoms with Crippen LogP contribution in [0.5, 0.6) is 0 Å². The third-order valence-corrected chi connectivity index (χ3v) is 4.31. The van der Waals surface area contributed by atoms with Gasteiger partial charge in [0.25, 0.3) is 0 Å². The molecule has 17 heavy (non-hydrogen) atoms. The van der Waals surface area contributed by atoms with Crippen molar-refractivity contribution in [3.63, 3.8) is 0 Å². The molecule has 2 aliphatic rings. The SMILES string of the molecule is COCOC1=CC[C@@H]2CCCCC[C@]12C(C)=O. The van der Waals surface area contributed by atoms with Gasteiger partial charge in [-0.3, -0.25) is 4.79 Å². The van der Waals surface area contributed by atoms with E-state index in [1.54, 1.807) is 14.0 Å². The smallest absolute Gasteiger partial charge is 0.188 e. The molecule has 0 aromatic heterocycles. The number of ether oxygens (including phenoxy) is 2. The molecule has 2 atom stereocenters. The lowest BCUT2D eigenvalue weighted by Gasteiger charge is -2.34. The van der Waals surface area contributed by atoms with Gasteiger partial charge in [-0.15, -0.1) is 0 Å². The lowest BCUT2D eigenvalue weighted by atomic mass is 9.70. The van der Waals surface area contributed by atoms with Gasteiger partial charge < -0.3 is 9.47 Å². The van der Waals surface area contributed by atoms with E-state index in [0.29, 0.717) is 5.92 Å². The molecule has 0 saturated heterocycles. The van der Waals surface area contributed by atoms with Crippen molar-refractivity contribution < 1.29 is 14.3 Å². The molecule has 2 rings (SSSR count). The van der Waals surface area contributed by atoms with E-state index in [1.165, 1.54) is 12.8 Å². The summed E-state index contributed by atoms with van der Waals surface area (Å²) < 4.78 is 10.6. The van der Waals surface area contributed by atoms with Gasteiger partial charge in [-0.2, -0.15) is 0 Å². The summed E-state index contributed by atoms with van der Waals surface area (Å²) in [6.45, 7) is 1.96. The van der Waals surface area contributed by atoms with Crippen LogP contribution in [-0.4, -0.2) is 19.7 Å². The average molecular weight is 238 g/mol. The van der Waals surface area contributed by atoms with Gasteiger partial charge in [-0.25, -0.2) is 0 Å². The van der Waals surface area contributed by atoms with Gasteiger partial charge in [0.1, 0.15) is 11.5 Å². The highest BCUT2D eigenvalue weighted by atomic mass is 16.7. The molecule has 0 amide bonds. The molecule has 0 aliphatic heterocycles. The Hall–Kier alpha value is -0.830. The molecule has 3 nitrogen and oxygen atoms in total. The number of hydrogen-bond acceptors (Lipinski definition) is 3. The first-order chi connectivity index (χ1) is 8.21. The Balaban J connectivity index is 2.24. The van der Waals surface area contributed by atoms with Crippen molar-refractivity contribution in [3.8, 4) is 0 Å². The van der Waals surface area contributed by atoms with Crippen molar-refractivity contribution >= 4 is 5.78 Å². The molecule has 3 heteroatoms. The van der Waals surface area contributed by atoms with Crippen molar-refractivity contribution in [2.45, 2.75) is 45.4 Å². The van der Waals surface area contributed by atoms with E-state index in [-0.39, 0.29) is 18.0 Å². The molecule has 0 unspecified atom stereocenters. The highest BCUT2D eigenvalue weighted by molar-refractivity contribution is 5.86. The minimum atomic E-state index is -0.338. The second kappa shape index (κ2) is 5.21. The standard InChI is InChI=1S/C14H22O3/c1-11(15)14-9-5-3-4-6-12(14)7-8-13(14)17-10-16-2/h8,12H,3-7,9-10H2,1-2H3/t12-,14+/m0/s1. The molecule has 0 bridgehead atoms. The number of rotatable bonds is 4. The predicted octanol–water partition coefficient (Wildman–Crippen LogP) is 3.05. The average Bonchev–Trinajstić information content (AvgIpc) is 2.53. The maximum absolute atomic E-state index is 12.2. The van der Waals surface area contributed by atoms with Crippen LogP contribution in [0, 0.1) is 11.3 Å². The van der Waals surface area contributed by atoms with Gasteiger partial charge in [0, 0.05) is 7.11 Å². The Labute approximate surface area is 103 Å². The van der Waals surface area contributed by atoms with Crippen molar-refractivity contribution in [3.05, 3.63) is 11.8 Å². The second-order valence-electron chi connectivity index (χ2n) is 5.18. The zero-order valence-corrected chi connectivity index (χ0v) is 10.8. The molecule has 0 N–H and O–H groups in total. The monoisotopic (exact) mass is 238 g/mol. The molecule has 0 spiro atoms. The summed E-state index contributed by atoms with van der Waals surface area (Å²) in [6, 6.07) is 0. The fourth-order valence-electron chi connectivity index (χ4n) is 3.44. The molecule has 0 aromatic carbocycles. The number of allylic oxidation sites excluding steroid dienone is 2. The second-order valence-corrected chi connectivity index (χ2v) is 5.18. The van der Waals surface area contributed by atoms with Crippen LogP contribution in [0.1, 0.15) is 45.4 Å². The molecule has 1 fully saturated rings. The minimum absolute atomic E-state index is 0.244. The van der Waals surface area contributed by atoms with E-state index < -0.39 is 0 Å². The first kappa shape index (κ1) is 12.6. The maximum Gasteiger partial charge on any atom is 0.188 e.